The van der Waals surface area contributed by atoms with Gasteiger partial charge in [0.15, 0.2) is 19.7 Å². The molecule has 138 valence electrons. The Labute approximate surface area is 147 Å². The molecule has 10 heteroatoms. The number of hydrogen-bond acceptors (Lipinski definition) is 7. The van der Waals surface area contributed by atoms with Crippen LogP contribution in [0.3, 0.4) is 0 Å². The first-order chi connectivity index (χ1) is 11.7. The molecule has 25 heavy (non-hydrogen) atoms. The topological polar surface area (TPSA) is 114 Å². The van der Waals surface area contributed by atoms with E-state index in [0.29, 0.717) is 24.2 Å². The molecule has 0 spiro atoms. The van der Waals surface area contributed by atoms with Crippen LogP contribution >= 0.6 is 0 Å². The first kappa shape index (κ1) is 18.1. The van der Waals surface area contributed by atoms with Crippen molar-refractivity contribution in [1.82, 2.24) is 9.88 Å². The van der Waals surface area contributed by atoms with Gasteiger partial charge < -0.3 is 10.2 Å². The van der Waals surface area contributed by atoms with E-state index in [0.717, 1.165) is 0 Å². The van der Waals surface area contributed by atoms with Crippen LogP contribution in [-0.4, -0.2) is 74.8 Å². The standard InChI is InChI=1S/C15H21N3O5S2/c1-18(13-4-7-25(22,23)10-13)15(19)11-2-5-16-14(8-11)17-12-3-6-24(20,21)9-12/h2,5,8,12-13H,3-4,6-7,9-10H2,1H3,(H,16,17). The summed E-state index contributed by atoms with van der Waals surface area (Å²) in [5.74, 6) is 0.487. The highest BCUT2D eigenvalue weighted by Crippen LogP contribution is 2.20. The Morgan fingerprint density at radius 3 is 2.44 bits per heavy atom. The predicted octanol–water partition coefficient (Wildman–Crippen LogP) is -0.0603. The van der Waals surface area contributed by atoms with Gasteiger partial charge >= 0.3 is 0 Å². The number of pyridine rings is 1. The van der Waals surface area contributed by atoms with Crippen molar-refractivity contribution in [2.24, 2.45) is 0 Å². The van der Waals surface area contributed by atoms with Gasteiger partial charge in [0.25, 0.3) is 5.91 Å². The molecule has 1 N–H and O–H groups in total. The van der Waals surface area contributed by atoms with Crippen LogP contribution in [0.2, 0.25) is 0 Å². The molecule has 0 bridgehead atoms. The molecule has 2 fully saturated rings. The molecule has 2 saturated heterocycles. The molecule has 1 aromatic rings. The largest absolute Gasteiger partial charge is 0.366 e. The number of carbonyl (C=O) groups excluding carboxylic acids is 1. The summed E-state index contributed by atoms with van der Waals surface area (Å²) in [5, 5.41) is 3.06. The molecule has 0 aromatic carbocycles. The van der Waals surface area contributed by atoms with E-state index in [1.54, 1.807) is 19.2 Å². The fourth-order valence-corrected chi connectivity index (χ4v) is 6.66. The maximum Gasteiger partial charge on any atom is 0.254 e. The molecule has 0 saturated carbocycles. The van der Waals surface area contributed by atoms with Crippen molar-refractivity contribution in [3.05, 3.63) is 23.9 Å². The highest BCUT2D eigenvalue weighted by molar-refractivity contribution is 7.91. The zero-order chi connectivity index (χ0) is 18.2. The second-order valence-electron chi connectivity index (χ2n) is 6.65. The Morgan fingerprint density at radius 2 is 1.84 bits per heavy atom. The molecule has 0 aliphatic carbocycles. The van der Waals surface area contributed by atoms with E-state index in [2.05, 4.69) is 10.3 Å². The van der Waals surface area contributed by atoms with E-state index < -0.39 is 19.7 Å². The van der Waals surface area contributed by atoms with Crippen molar-refractivity contribution in [3.63, 3.8) is 0 Å². The number of hydrogen-bond donors (Lipinski definition) is 1. The average Bonchev–Trinajstić information content (AvgIpc) is 3.07. The third-order valence-electron chi connectivity index (χ3n) is 4.67. The van der Waals surface area contributed by atoms with Crippen LogP contribution < -0.4 is 5.32 Å². The van der Waals surface area contributed by atoms with Gasteiger partial charge in [-0.3, -0.25) is 4.79 Å². The van der Waals surface area contributed by atoms with Crippen molar-refractivity contribution in [2.45, 2.75) is 24.9 Å². The Morgan fingerprint density at radius 1 is 1.16 bits per heavy atom. The van der Waals surface area contributed by atoms with Gasteiger partial charge in [0.1, 0.15) is 5.82 Å². The zero-order valence-electron chi connectivity index (χ0n) is 13.9. The fourth-order valence-electron chi connectivity index (χ4n) is 3.21. The summed E-state index contributed by atoms with van der Waals surface area (Å²) in [6.45, 7) is 0. The van der Waals surface area contributed by atoms with Crippen LogP contribution in [-0.2, 0) is 19.7 Å². The molecule has 0 radical (unpaired) electrons. The van der Waals surface area contributed by atoms with Crippen LogP contribution in [0.15, 0.2) is 18.3 Å². The van der Waals surface area contributed by atoms with Gasteiger partial charge in [-0.2, -0.15) is 0 Å². The van der Waals surface area contributed by atoms with Crippen LogP contribution in [0.25, 0.3) is 0 Å². The van der Waals surface area contributed by atoms with E-state index in [1.807, 2.05) is 0 Å². The second kappa shape index (κ2) is 6.56. The monoisotopic (exact) mass is 387 g/mol. The number of rotatable bonds is 4. The van der Waals surface area contributed by atoms with Gasteiger partial charge in [0.2, 0.25) is 0 Å². The number of carbonyl (C=O) groups is 1. The molecule has 1 amide bonds. The quantitative estimate of drug-likeness (QED) is 0.770. The molecule has 3 heterocycles. The number of nitrogens with one attached hydrogen (secondary N) is 1. The molecule has 3 rings (SSSR count). The molecule has 8 nitrogen and oxygen atoms in total. The number of nitrogens with zero attached hydrogens (tertiary/aromatic N) is 2. The third-order valence-corrected chi connectivity index (χ3v) is 8.19. The molecule has 2 aliphatic rings. The highest BCUT2D eigenvalue weighted by atomic mass is 32.2. The van der Waals surface area contributed by atoms with E-state index in [9.17, 15) is 21.6 Å². The molecule has 2 aliphatic heterocycles. The van der Waals surface area contributed by atoms with E-state index in [-0.39, 0.29) is 41.0 Å². The van der Waals surface area contributed by atoms with Gasteiger partial charge in [-0.1, -0.05) is 0 Å². The Kier molecular flexibility index (Phi) is 4.76. The molecular weight excluding hydrogens is 366 g/mol. The molecule has 2 unspecified atom stereocenters. The number of amides is 1. The van der Waals surface area contributed by atoms with Crippen LogP contribution in [0.5, 0.6) is 0 Å². The Hall–Kier alpha value is -1.68. The third kappa shape index (κ3) is 4.30. The SMILES string of the molecule is CN(C(=O)c1ccnc(NC2CCS(=O)(=O)C2)c1)C1CCS(=O)(=O)C1. The Bertz CT molecular complexity index is 882. The van der Waals surface area contributed by atoms with Gasteiger partial charge in [0.05, 0.1) is 23.0 Å². The van der Waals surface area contributed by atoms with Crippen molar-refractivity contribution < 1.29 is 21.6 Å². The number of aromatic nitrogens is 1. The average molecular weight is 387 g/mol. The van der Waals surface area contributed by atoms with Crippen molar-refractivity contribution >= 4 is 31.4 Å². The summed E-state index contributed by atoms with van der Waals surface area (Å²) in [6.07, 6.45) is 2.45. The summed E-state index contributed by atoms with van der Waals surface area (Å²) in [7, 11) is -4.46. The summed E-state index contributed by atoms with van der Waals surface area (Å²) < 4.78 is 46.2. The minimum Gasteiger partial charge on any atom is -0.366 e. The van der Waals surface area contributed by atoms with Crippen molar-refractivity contribution in [3.8, 4) is 0 Å². The molecule has 1 aromatic heterocycles. The maximum absolute atomic E-state index is 12.6. The van der Waals surface area contributed by atoms with Gasteiger partial charge in [-0.15, -0.1) is 0 Å². The first-order valence-corrected chi connectivity index (χ1v) is 11.7. The van der Waals surface area contributed by atoms with Crippen LogP contribution in [0.1, 0.15) is 23.2 Å². The van der Waals surface area contributed by atoms with Crippen LogP contribution in [0, 0.1) is 0 Å². The molecule has 2 atom stereocenters. The van der Waals surface area contributed by atoms with E-state index in [4.69, 9.17) is 0 Å². The predicted molar refractivity (Wildman–Crippen MR) is 94.1 cm³/mol. The van der Waals surface area contributed by atoms with Crippen LogP contribution in [0.4, 0.5) is 5.82 Å². The lowest BCUT2D eigenvalue weighted by Crippen LogP contribution is -2.37. The highest BCUT2D eigenvalue weighted by Gasteiger charge is 2.33. The van der Waals surface area contributed by atoms with Gasteiger partial charge in [-0.05, 0) is 25.0 Å². The second-order valence-corrected chi connectivity index (χ2v) is 11.1. The van der Waals surface area contributed by atoms with E-state index in [1.165, 1.54) is 11.1 Å². The fraction of sp³-hybridized carbons (Fsp3) is 0.600. The minimum atomic E-state index is -3.07. The maximum atomic E-state index is 12.6. The Balaban J connectivity index is 1.69. The van der Waals surface area contributed by atoms with Gasteiger partial charge in [0, 0.05) is 30.9 Å². The van der Waals surface area contributed by atoms with Crippen molar-refractivity contribution in [1.29, 1.82) is 0 Å². The first-order valence-electron chi connectivity index (χ1n) is 8.06. The summed E-state index contributed by atoms with van der Waals surface area (Å²) in [5.41, 5.74) is 0.394. The summed E-state index contributed by atoms with van der Waals surface area (Å²) in [4.78, 5) is 18.2. The van der Waals surface area contributed by atoms with E-state index >= 15 is 0 Å². The number of anilines is 1. The zero-order valence-corrected chi connectivity index (χ0v) is 15.5. The molecular formula is C15H21N3O5S2. The van der Waals surface area contributed by atoms with Gasteiger partial charge in [-0.25, -0.2) is 21.8 Å². The lowest BCUT2D eigenvalue weighted by atomic mass is 10.1. The van der Waals surface area contributed by atoms with Crippen molar-refractivity contribution in [2.75, 3.05) is 35.4 Å². The smallest absolute Gasteiger partial charge is 0.254 e. The minimum absolute atomic E-state index is 0.00857. The summed E-state index contributed by atoms with van der Waals surface area (Å²) in [6, 6.07) is 2.62. The normalized spacial score (nSPS) is 27.1. The lowest BCUT2D eigenvalue weighted by molar-refractivity contribution is 0.0747. The number of sulfone groups is 2. The lowest BCUT2D eigenvalue weighted by Gasteiger charge is -2.23. The summed E-state index contributed by atoms with van der Waals surface area (Å²) >= 11 is 0.